The molecule has 19 heavy (non-hydrogen) atoms. The van der Waals surface area contributed by atoms with Gasteiger partial charge in [-0.2, -0.15) is 0 Å². The van der Waals surface area contributed by atoms with E-state index in [9.17, 15) is 0 Å². The number of hydrogen-bond donors (Lipinski definition) is 0. The number of ether oxygens (including phenoxy) is 3. The van der Waals surface area contributed by atoms with Gasteiger partial charge in [-0.15, -0.1) is 0 Å². The van der Waals surface area contributed by atoms with Crippen molar-refractivity contribution in [3.05, 3.63) is 23.0 Å². The van der Waals surface area contributed by atoms with Crippen LogP contribution in [0.3, 0.4) is 0 Å². The zero-order valence-electron chi connectivity index (χ0n) is 12.7. The number of rotatable bonds is 5. The van der Waals surface area contributed by atoms with E-state index in [4.69, 9.17) is 14.2 Å². The van der Waals surface area contributed by atoms with Crippen LogP contribution in [0.25, 0.3) is 0 Å². The molecule has 1 fully saturated rings. The molecule has 0 amide bonds. The van der Waals surface area contributed by atoms with Gasteiger partial charge in [-0.1, -0.05) is 0 Å². The Balaban J connectivity index is 2.12. The highest BCUT2D eigenvalue weighted by Gasteiger charge is 2.38. The molecule has 1 aliphatic heterocycles. The molecule has 0 aromatic rings. The largest absolute Gasteiger partial charge is 0.494 e. The van der Waals surface area contributed by atoms with Gasteiger partial charge in [0, 0.05) is 0 Å². The number of hydrogen-bond acceptors (Lipinski definition) is 4. The second-order valence-corrected chi connectivity index (χ2v) is 5.39. The van der Waals surface area contributed by atoms with Crippen molar-refractivity contribution >= 4 is 0 Å². The molecule has 4 nitrogen and oxygen atoms in total. The third kappa shape index (κ3) is 2.71. The zero-order valence-corrected chi connectivity index (χ0v) is 12.7. The molecule has 1 saturated heterocycles. The molecule has 0 N–H and O–H groups in total. The molecule has 1 heterocycles. The van der Waals surface area contributed by atoms with Crippen LogP contribution in [-0.4, -0.2) is 50.1 Å². The third-order valence-electron chi connectivity index (χ3n) is 4.31. The topological polar surface area (TPSA) is 30.9 Å². The Morgan fingerprint density at radius 1 is 1.37 bits per heavy atom. The molecule has 0 aromatic carbocycles. The Labute approximate surface area is 116 Å². The first-order valence-corrected chi connectivity index (χ1v) is 6.97. The lowest BCUT2D eigenvalue weighted by Gasteiger charge is -2.36. The van der Waals surface area contributed by atoms with Crippen LogP contribution < -0.4 is 0 Å². The quantitative estimate of drug-likeness (QED) is 0.765. The molecule has 1 aliphatic carbocycles. The highest BCUT2D eigenvalue weighted by Crippen LogP contribution is 2.38. The van der Waals surface area contributed by atoms with E-state index in [1.807, 2.05) is 6.92 Å². The Bertz CT molecular complexity index is 396. The molecular formula is C15H25NO3. The standard InChI is InChI=1S/C15H25NO3/c1-6-17-13-9-15(4,12(3)11(13)2)16(5)10-14-18-7-8-19-14/h9,14H,6-8,10H2,1-5H3. The number of allylic oxidation sites excluding steroid dienone is 1. The van der Waals surface area contributed by atoms with E-state index >= 15 is 0 Å². The van der Waals surface area contributed by atoms with Gasteiger partial charge in [-0.25, -0.2) is 0 Å². The maximum Gasteiger partial charge on any atom is 0.170 e. The maximum atomic E-state index is 5.72. The van der Waals surface area contributed by atoms with Crippen LogP contribution in [0.5, 0.6) is 0 Å². The summed E-state index contributed by atoms with van der Waals surface area (Å²) in [5, 5.41) is 0. The molecule has 4 heteroatoms. The minimum Gasteiger partial charge on any atom is -0.494 e. The van der Waals surface area contributed by atoms with Crippen molar-refractivity contribution in [3.63, 3.8) is 0 Å². The molecule has 0 radical (unpaired) electrons. The van der Waals surface area contributed by atoms with Gasteiger partial charge in [0.2, 0.25) is 0 Å². The van der Waals surface area contributed by atoms with E-state index < -0.39 is 0 Å². The average Bonchev–Trinajstić information content (AvgIpc) is 2.95. The van der Waals surface area contributed by atoms with Gasteiger partial charge >= 0.3 is 0 Å². The first-order valence-electron chi connectivity index (χ1n) is 6.97. The summed E-state index contributed by atoms with van der Waals surface area (Å²) in [5.74, 6) is 1.00. The Morgan fingerprint density at radius 3 is 2.58 bits per heavy atom. The predicted octanol–water partition coefficient (Wildman–Crippen LogP) is 2.32. The fourth-order valence-electron chi connectivity index (χ4n) is 2.66. The summed E-state index contributed by atoms with van der Waals surface area (Å²) in [6, 6.07) is 0. The van der Waals surface area contributed by atoms with Crippen LogP contribution in [0, 0.1) is 0 Å². The van der Waals surface area contributed by atoms with Crippen LogP contribution in [0.2, 0.25) is 0 Å². The molecule has 0 bridgehead atoms. The van der Waals surface area contributed by atoms with E-state index in [1.165, 1.54) is 11.1 Å². The van der Waals surface area contributed by atoms with E-state index in [-0.39, 0.29) is 11.8 Å². The zero-order chi connectivity index (χ0) is 14.0. The van der Waals surface area contributed by atoms with Gasteiger partial charge in [-0.3, -0.25) is 4.90 Å². The second kappa shape index (κ2) is 5.65. The van der Waals surface area contributed by atoms with Crippen molar-refractivity contribution in [1.82, 2.24) is 4.90 Å². The summed E-state index contributed by atoms with van der Waals surface area (Å²) in [7, 11) is 2.10. The van der Waals surface area contributed by atoms with E-state index in [0.717, 1.165) is 12.3 Å². The predicted molar refractivity (Wildman–Crippen MR) is 74.8 cm³/mol. The van der Waals surface area contributed by atoms with Crippen molar-refractivity contribution in [2.45, 2.75) is 39.5 Å². The monoisotopic (exact) mass is 267 g/mol. The van der Waals surface area contributed by atoms with Gasteiger partial charge in [-0.05, 0) is 52.0 Å². The van der Waals surface area contributed by atoms with Gasteiger partial charge in [0.15, 0.2) is 6.29 Å². The summed E-state index contributed by atoms with van der Waals surface area (Å²) in [5.41, 5.74) is 2.45. The molecular weight excluding hydrogens is 242 g/mol. The minimum absolute atomic E-state index is 0.112. The Hall–Kier alpha value is -0.840. The second-order valence-electron chi connectivity index (χ2n) is 5.39. The summed E-state index contributed by atoms with van der Waals surface area (Å²) < 4.78 is 16.8. The maximum absolute atomic E-state index is 5.72. The smallest absolute Gasteiger partial charge is 0.170 e. The van der Waals surface area contributed by atoms with Crippen LogP contribution >= 0.6 is 0 Å². The average molecular weight is 267 g/mol. The molecule has 0 spiro atoms. The first kappa shape index (κ1) is 14.6. The molecule has 0 aromatic heterocycles. The lowest BCUT2D eigenvalue weighted by atomic mass is 9.93. The molecule has 1 unspecified atom stereocenters. The normalized spacial score (nSPS) is 28.4. The fourth-order valence-corrected chi connectivity index (χ4v) is 2.66. The van der Waals surface area contributed by atoms with Crippen LogP contribution in [0.4, 0.5) is 0 Å². The highest BCUT2D eigenvalue weighted by atomic mass is 16.7. The van der Waals surface area contributed by atoms with Gasteiger partial charge in [0.25, 0.3) is 0 Å². The summed E-state index contributed by atoms with van der Waals surface area (Å²) in [6.45, 7) is 11.4. The van der Waals surface area contributed by atoms with E-state index in [2.05, 4.69) is 38.8 Å². The summed E-state index contributed by atoms with van der Waals surface area (Å²) in [6.07, 6.45) is 2.09. The van der Waals surface area contributed by atoms with Gasteiger partial charge in [0.05, 0.1) is 31.9 Å². The van der Waals surface area contributed by atoms with Crippen LogP contribution in [0.1, 0.15) is 27.7 Å². The summed E-state index contributed by atoms with van der Waals surface area (Å²) in [4.78, 5) is 2.27. The molecule has 1 atom stereocenters. The first-order chi connectivity index (χ1) is 8.99. The van der Waals surface area contributed by atoms with Gasteiger partial charge < -0.3 is 14.2 Å². The Morgan fingerprint density at radius 2 is 2.00 bits per heavy atom. The molecule has 2 rings (SSSR count). The van der Waals surface area contributed by atoms with Crippen molar-refractivity contribution in [1.29, 1.82) is 0 Å². The summed E-state index contributed by atoms with van der Waals surface area (Å²) >= 11 is 0. The van der Waals surface area contributed by atoms with E-state index in [1.54, 1.807) is 0 Å². The lowest BCUT2D eigenvalue weighted by molar-refractivity contribution is -0.0660. The van der Waals surface area contributed by atoms with Gasteiger partial charge in [0.1, 0.15) is 5.76 Å². The fraction of sp³-hybridized carbons (Fsp3) is 0.733. The van der Waals surface area contributed by atoms with Crippen molar-refractivity contribution in [2.24, 2.45) is 0 Å². The van der Waals surface area contributed by atoms with Crippen molar-refractivity contribution in [3.8, 4) is 0 Å². The third-order valence-corrected chi connectivity index (χ3v) is 4.31. The van der Waals surface area contributed by atoms with Crippen LogP contribution in [-0.2, 0) is 14.2 Å². The number of nitrogens with zero attached hydrogens (tertiary/aromatic N) is 1. The van der Waals surface area contributed by atoms with Crippen molar-refractivity contribution < 1.29 is 14.2 Å². The molecule has 0 saturated carbocycles. The minimum atomic E-state index is -0.121. The van der Waals surface area contributed by atoms with Crippen LogP contribution in [0.15, 0.2) is 23.0 Å². The molecule has 108 valence electrons. The van der Waals surface area contributed by atoms with Crippen molar-refractivity contribution in [2.75, 3.05) is 33.4 Å². The Kier molecular flexibility index (Phi) is 4.33. The molecule has 2 aliphatic rings. The van der Waals surface area contributed by atoms with E-state index in [0.29, 0.717) is 19.8 Å². The number of likely N-dealkylation sites (N-methyl/N-ethyl adjacent to an activating group) is 1. The lowest BCUT2D eigenvalue weighted by Crippen LogP contribution is -2.46. The SMILES string of the molecule is CCOC1=CC(C)(N(C)CC2OCCO2)C(C)=C1C. The highest BCUT2D eigenvalue weighted by molar-refractivity contribution is 5.46.